The molecule has 0 saturated carbocycles. The maximum atomic E-state index is 12.4. The molecule has 1 heterocycles. The van der Waals surface area contributed by atoms with Crippen LogP contribution in [-0.4, -0.2) is 58.0 Å². The van der Waals surface area contributed by atoms with Crippen LogP contribution in [0.5, 0.6) is 11.5 Å². The smallest absolute Gasteiger partial charge is 0.285 e. The van der Waals surface area contributed by atoms with E-state index in [0.29, 0.717) is 43.1 Å². The van der Waals surface area contributed by atoms with Crippen molar-refractivity contribution in [3.05, 3.63) is 53.6 Å². The second kappa shape index (κ2) is 9.06. The first kappa shape index (κ1) is 20.8. The van der Waals surface area contributed by atoms with Crippen molar-refractivity contribution >= 4 is 22.1 Å². The van der Waals surface area contributed by atoms with E-state index in [1.807, 2.05) is 0 Å². The minimum atomic E-state index is -3.72. The SMILES string of the molecule is COCCCN(N=CCc1ccc(O)c(OC)c1)C1=NS(=O)(=O)c2ccccc21. The second-order valence-corrected chi connectivity index (χ2v) is 7.94. The van der Waals surface area contributed by atoms with Crippen LogP contribution in [-0.2, 0) is 21.2 Å². The van der Waals surface area contributed by atoms with E-state index in [1.165, 1.54) is 7.11 Å². The molecule has 2 aromatic carbocycles. The molecule has 0 aliphatic carbocycles. The number of aromatic hydroxyl groups is 1. The molecule has 1 aliphatic rings. The molecule has 1 N–H and O–H groups in total. The molecule has 0 saturated heterocycles. The number of sulfonamides is 1. The summed E-state index contributed by atoms with van der Waals surface area (Å²) in [6.07, 6.45) is 2.80. The number of hydrogen-bond donors (Lipinski definition) is 1. The van der Waals surface area contributed by atoms with Crippen molar-refractivity contribution in [2.24, 2.45) is 9.50 Å². The van der Waals surface area contributed by atoms with Crippen molar-refractivity contribution in [3.8, 4) is 11.5 Å². The van der Waals surface area contributed by atoms with Crippen LogP contribution in [0.25, 0.3) is 0 Å². The molecule has 154 valence electrons. The summed E-state index contributed by atoms with van der Waals surface area (Å²) in [6, 6.07) is 11.8. The molecule has 0 fully saturated rings. The van der Waals surface area contributed by atoms with Gasteiger partial charge < -0.3 is 14.6 Å². The monoisotopic (exact) mass is 417 g/mol. The van der Waals surface area contributed by atoms with E-state index >= 15 is 0 Å². The van der Waals surface area contributed by atoms with Crippen LogP contribution in [0.1, 0.15) is 17.5 Å². The van der Waals surface area contributed by atoms with E-state index in [2.05, 4.69) is 9.50 Å². The van der Waals surface area contributed by atoms with Crippen molar-refractivity contribution in [2.75, 3.05) is 27.4 Å². The number of phenols is 1. The number of methoxy groups -OCH3 is 2. The maximum absolute atomic E-state index is 12.4. The molecule has 9 heteroatoms. The van der Waals surface area contributed by atoms with Gasteiger partial charge in [-0.25, -0.2) is 5.01 Å². The zero-order valence-corrected chi connectivity index (χ0v) is 17.1. The molecule has 0 radical (unpaired) electrons. The van der Waals surface area contributed by atoms with Crippen molar-refractivity contribution in [3.63, 3.8) is 0 Å². The van der Waals surface area contributed by atoms with Crippen LogP contribution in [0.3, 0.4) is 0 Å². The maximum Gasteiger partial charge on any atom is 0.285 e. The summed E-state index contributed by atoms with van der Waals surface area (Å²) in [5.41, 5.74) is 1.43. The Labute approximate surface area is 170 Å². The number of hydrogen-bond acceptors (Lipinski definition) is 7. The summed E-state index contributed by atoms with van der Waals surface area (Å²) in [4.78, 5) is 0.185. The Morgan fingerprint density at radius 3 is 2.76 bits per heavy atom. The Bertz CT molecular complexity index is 1030. The summed E-state index contributed by atoms with van der Waals surface area (Å²) in [7, 11) is -0.628. The van der Waals surface area contributed by atoms with Crippen molar-refractivity contribution < 1.29 is 23.0 Å². The zero-order chi connectivity index (χ0) is 20.9. The van der Waals surface area contributed by atoms with E-state index in [0.717, 1.165) is 5.56 Å². The van der Waals surface area contributed by atoms with Gasteiger partial charge >= 0.3 is 0 Å². The van der Waals surface area contributed by atoms with Crippen molar-refractivity contribution in [2.45, 2.75) is 17.7 Å². The van der Waals surface area contributed by atoms with Gasteiger partial charge in [0.1, 0.15) is 4.90 Å². The first-order valence-corrected chi connectivity index (χ1v) is 10.5. The van der Waals surface area contributed by atoms with Gasteiger partial charge in [0.2, 0.25) is 0 Å². The average Bonchev–Trinajstić information content (AvgIpc) is 2.99. The van der Waals surface area contributed by atoms with Gasteiger partial charge in [-0.15, -0.1) is 4.40 Å². The van der Waals surface area contributed by atoms with Gasteiger partial charge in [-0.05, 0) is 36.2 Å². The van der Waals surface area contributed by atoms with Gasteiger partial charge in [0.05, 0.1) is 7.11 Å². The largest absolute Gasteiger partial charge is 0.504 e. The standard InChI is InChI=1S/C20H23N3O5S/c1-27-13-5-12-23(20-16-6-3-4-7-19(16)29(25,26)22-20)21-11-10-15-8-9-17(24)18(14-15)28-2/h3-4,6-9,11,14,24H,5,10,12-13H2,1-2H3. The quantitative estimate of drug-likeness (QED) is 0.402. The average molecular weight is 417 g/mol. The Morgan fingerprint density at radius 2 is 2.00 bits per heavy atom. The number of rotatable bonds is 8. The molecule has 8 nitrogen and oxygen atoms in total. The lowest BCUT2D eigenvalue weighted by molar-refractivity contribution is 0.187. The van der Waals surface area contributed by atoms with Gasteiger partial charge in [-0.3, -0.25) is 0 Å². The fourth-order valence-electron chi connectivity index (χ4n) is 2.95. The van der Waals surface area contributed by atoms with Crippen LogP contribution in [0.2, 0.25) is 0 Å². The Kier molecular flexibility index (Phi) is 6.50. The van der Waals surface area contributed by atoms with E-state index in [-0.39, 0.29) is 10.6 Å². The molecule has 0 atom stereocenters. The number of nitrogens with zero attached hydrogens (tertiary/aromatic N) is 3. The van der Waals surface area contributed by atoms with Gasteiger partial charge in [0.25, 0.3) is 10.0 Å². The zero-order valence-electron chi connectivity index (χ0n) is 16.3. The first-order chi connectivity index (χ1) is 14.0. The molecule has 3 rings (SSSR count). The molecule has 0 bridgehead atoms. The lowest BCUT2D eigenvalue weighted by atomic mass is 10.1. The number of phenolic OH excluding ortho intramolecular Hbond substituents is 1. The molecule has 0 amide bonds. The highest BCUT2D eigenvalue weighted by Crippen LogP contribution is 2.28. The van der Waals surface area contributed by atoms with Crippen molar-refractivity contribution in [1.29, 1.82) is 0 Å². The Morgan fingerprint density at radius 1 is 1.21 bits per heavy atom. The lowest BCUT2D eigenvalue weighted by Gasteiger charge is -2.18. The van der Waals surface area contributed by atoms with Crippen LogP contribution >= 0.6 is 0 Å². The lowest BCUT2D eigenvalue weighted by Crippen LogP contribution is -2.28. The fraction of sp³-hybridized carbons (Fsp3) is 0.300. The Hall–Kier alpha value is -2.91. The van der Waals surface area contributed by atoms with Gasteiger partial charge in [-0.2, -0.15) is 13.5 Å². The predicted octanol–water partition coefficient (Wildman–Crippen LogP) is 2.42. The number of hydrazone groups is 1. The summed E-state index contributed by atoms with van der Waals surface area (Å²) >= 11 is 0. The second-order valence-electron chi connectivity index (χ2n) is 6.36. The summed E-state index contributed by atoms with van der Waals surface area (Å²) in [5, 5.41) is 15.8. The van der Waals surface area contributed by atoms with E-state index < -0.39 is 10.0 Å². The topological polar surface area (TPSA) is 101 Å². The van der Waals surface area contributed by atoms with Crippen molar-refractivity contribution in [1.82, 2.24) is 5.01 Å². The summed E-state index contributed by atoms with van der Waals surface area (Å²) in [6.45, 7) is 0.967. The fourth-order valence-corrected chi connectivity index (χ4v) is 4.15. The molecule has 29 heavy (non-hydrogen) atoms. The summed E-state index contributed by atoms with van der Waals surface area (Å²) in [5.74, 6) is 0.751. The van der Waals surface area contributed by atoms with Crippen LogP contribution < -0.4 is 4.74 Å². The molecule has 0 aromatic heterocycles. The minimum absolute atomic E-state index is 0.0662. The first-order valence-electron chi connectivity index (χ1n) is 9.05. The number of benzene rings is 2. The Balaban J connectivity index is 1.84. The number of fused-ring (bicyclic) bond motifs is 1. The molecular weight excluding hydrogens is 394 g/mol. The third-order valence-corrected chi connectivity index (χ3v) is 5.69. The third-order valence-electron chi connectivity index (χ3n) is 4.37. The van der Waals surface area contributed by atoms with Crippen LogP contribution in [0.4, 0.5) is 0 Å². The predicted molar refractivity (Wildman–Crippen MR) is 110 cm³/mol. The third kappa shape index (κ3) is 4.75. The van der Waals surface area contributed by atoms with E-state index in [4.69, 9.17) is 9.47 Å². The normalized spacial score (nSPS) is 14.6. The van der Waals surface area contributed by atoms with Gasteiger partial charge in [0.15, 0.2) is 17.3 Å². The highest BCUT2D eigenvalue weighted by Gasteiger charge is 2.31. The summed E-state index contributed by atoms with van der Waals surface area (Å²) < 4.78 is 38.9. The number of ether oxygens (including phenoxy) is 2. The molecule has 1 aliphatic heterocycles. The van der Waals surface area contributed by atoms with E-state index in [9.17, 15) is 13.5 Å². The number of amidine groups is 1. The highest BCUT2D eigenvalue weighted by atomic mass is 32.2. The molecule has 0 spiro atoms. The molecule has 0 unspecified atom stereocenters. The highest BCUT2D eigenvalue weighted by molar-refractivity contribution is 7.90. The molecule has 2 aromatic rings. The van der Waals surface area contributed by atoms with Gasteiger partial charge in [-0.1, -0.05) is 18.2 Å². The van der Waals surface area contributed by atoms with Gasteiger partial charge in [0, 0.05) is 38.5 Å². The van der Waals surface area contributed by atoms with Crippen LogP contribution in [0, 0.1) is 0 Å². The minimum Gasteiger partial charge on any atom is -0.504 e. The van der Waals surface area contributed by atoms with E-state index in [1.54, 1.807) is 60.8 Å². The molecular formula is C20H23N3O5S. The van der Waals surface area contributed by atoms with Crippen LogP contribution in [0.15, 0.2) is 56.9 Å².